The van der Waals surface area contributed by atoms with E-state index in [9.17, 15) is 14.4 Å². The largest absolute Gasteiger partial charge is 0.452 e. The quantitative estimate of drug-likeness (QED) is 0.309. The van der Waals surface area contributed by atoms with Crippen LogP contribution in [0.25, 0.3) is 16.5 Å². The number of fused-ring (bicyclic) bond motifs is 1. The van der Waals surface area contributed by atoms with E-state index >= 15 is 0 Å². The maximum Gasteiger partial charge on any atom is 0.359 e. The lowest BCUT2D eigenvalue weighted by Gasteiger charge is -2.13. The van der Waals surface area contributed by atoms with Crippen LogP contribution < -0.4 is 5.56 Å². The third-order valence-electron chi connectivity index (χ3n) is 5.87. The Morgan fingerprint density at radius 3 is 2.26 bits per heavy atom. The van der Waals surface area contributed by atoms with Gasteiger partial charge in [-0.1, -0.05) is 35.9 Å². The van der Waals surface area contributed by atoms with Crippen LogP contribution in [-0.2, 0) is 4.74 Å². The standard InChI is InChI=1S/C27H27N3O4/c1-16(2)30-26(32)22-9-7-6-8-21(22)25(28-30)27(33)34-15-24(31)23-14-18(4)29(19(23)5)20-12-10-17(3)11-13-20/h6-14,16H,15H2,1-5H3. The monoisotopic (exact) mass is 457 g/mol. The molecule has 0 aliphatic carbocycles. The van der Waals surface area contributed by atoms with Gasteiger partial charge in [0.1, 0.15) is 0 Å². The minimum atomic E-state index is -0.744. The van der Waals surface area contributed by atoms with Crippen LogP contribution in [0.1, 0.15) is 57.7 Å². The summed E-state index contributed by atoms with van der Waals surface area (Å²) in [5, 5.41) is 5.03. The van der Waals surface area contributed by atoms with Crippen LogP contribution in [0.5, 0.6) is 0 Å². The van der Waals surface area contributed by atoms with E-state index in [2.05, 4.69) is 5.10 Å². The maximum absolute atomic E-state index is 13.0. The molecule has 34 heavy (non-hydrogen) atoms. The first-order chi connectivity index (χ1) is 16.2. The van der Waals surface area contributed by atoms with Gasteiger partial charge in [0.2, 0.25) is 5.78 Å². The number of aryl methyl sites for hydroxylation is 2. The first kappa shape index (κ1) is 23.2. The Hall–Kier alpha value is -4.00. The number of aromatic nitrogens is 3. The molecule has 174 valence electrons. The van der Waals surface area contributed by atoms with Gasteiger partial charge in [-0.15, -0.1) is 0 Å². The van der Waals surface area contributed by atoms with E-state index in [4.69, 9.17) is 4.74 Å². The second-order valence-electron chi connectivity index (χ2n) is 8.69. The Morgan fingerprint density at radius 2 is 1.62 bits per heavy atom. The Kier molecular flexibility index (Phi) is 6.20. The number of benzene rings is 2. The number of carbonyl (C=O) groups is 2. The Labute approximate surface area is 197 Å². The number of nitrogens with zero attached hydrogens (tertiary/aromatic N) is 3. The second-order valence-corrected chi connectivity index (χ2v) is 8.69. The molecule has 2 aromatic heterocycles. The number of ether oxygens (including phenoxy) is 1. The Balaban J connectivity index is 1.60. The lowest BCUT2D eigenvalue weighted by atomic mass is 10.1. The normalized spacial score (nSPS) is 11.2. The van der Waals surface area contributed by atoms with E-state index in [1.807, 2.05) is 63.5 Å². The summed E-state index contributed by atoms with van der Waals surface area (Å²) in [6.07, 6.45) is 0. The predicted octanol–water partition coefficient (Wildman–Crippen LogP) is 4.73. The van der Waals surface area contributed by atoms with Crippen molar-refractivity contribution in [2.75, 3.05) is 6.61 Å². The van der Waals surface area contributed by atoms with E-state index < -0.39 is 12.6 Å². The number of Topliss-reactive ketones (excluding diaryl/α,β-unsaturated/α-hetero) is 1. The molecular weight excluding hydrogens is 430 g/mol. The fourth-order valence-corrected chi connectivity index (χ4v) is 4.12. The first-order valence-electron chi connectivity index (χ1n) is 11.2. The Morgan fingerprint density at radius 1 is 0.971 bits per heavy atom. The zero-order chi connectivity index (χ0) is 24.6. The summed E-state index contributed by atoms with van der Waals surface area (Å²) in [4.78, 5) is 38.6. The summed E-state index contributed by atoms with van der Waals surface area (Å²) in [7, 11) is 0. The second kappa shape index (κ2) is 9.09. The topological polar surface area (TPSA) is 83.2 Å². The molecule has 2 aromatic carbocycles. The van der Waals surface area contributed by atoms with Crippen molar-refractivity contribution in [3.05, 3.63) is 93.2 Å². The molecule has 4 rings (SSSR count). The zero-order valence-corrected chi connectivity index (χ0v) is 20.0. The SMILES string of the molecule is Cc1ccc(-n2c(C)cc(C(=O)COC(=O)c3nn(C(C)C)c(=O)c4ccccc34)c2C)cc1. The van der Waals surface area contributed by atoms with E-state index in [0.717, 1.165) is 22.6 Å². The predicted molar refractivity (Wildman–Crippen MR) is 131 cm³/mol. The number of rotatable bonds is 6. The summed E-state index contributed by atoms with van der Waals surface area (Å²) in [5.74, 6) is -1.05. The lowest BCUT2D eigenvalue weighted by Crippen LogP contribution is -2.28. The molecule has 0 fully saturated rings. The lowest BCUT2D eigenvalue weighted by molar-refractivity contribution is 0.0468. The maximum atomic E-state index is 13.0. The molecule has 0 bridgehead atoms. The van der Waals surface area contributed by atoms with Crippen molar-refractivity contribution in [2.24, 2.45) is 0 Å². The third kappa shape index (κ3) is 4.17. The molecule has 0 aliphatic heterocycles. The number of esters is 1. The molecule has 7 heteroatoms. The molecule has 0 atom stereocenters. The molecular formula is C27H27N3O4. The molecule has 0 saturated heterocycles. The molecule has 0 saturated carbocycles. The van der Waals surface area contributed by atoms with Crippen LogP contribution in [0, 0.1) is 20.8 Å². The number of carbonyl (C=O) groups excluding carboxylic acids is 2. The third-order valence-corrected chi connectivity index (χ3v) is 5.87. The molecule has 7 nitrogen and oxygen atoms in total. The van der Waals surface area contributed by atoms with Crippen LogP contribution >= 0.6 is 0 Å². The molecule has 2 heterocycles. The van der Waals surface area contributed by atoms with E-state index in [1.165, 1.54) is 4.68 Å². The van der Waals surface area contributed by atoms with Crippen molar-refractivity contribution in [1.29, 1.82) is 0 Å². The molecule has 0 amide bonds. The van der Waals surface area contributed by atoms with Crippen LogP contribution in [0.3, 0.4) is 0 Å². The van der Waals surface area contributed by atoms with E-state index in [1.54, 1.807) is 30.3 Å². The van der Waals surface area contributed by atoms with Gasteiger partial charge in [0.25, 0.3) is 5.56 Å². The molecule has 0 radical (unpaired) electrons. The van der Waals surface area contributed by atoms with Crippen molar-refractivity contribution in [3.8, 4) is 5.69 Å². The summed E-state index contributed by atoms with van der Waals surface area (Å²) < 4.78 is 8.64. The fourth-order valence-electron chi connectivity index (χ4n) is 4.12. The minimum Gasteiger partial charge on any atom is -0.452 e. The highest BCUT2D eigenvalue weighted by Gasteiger charge is 2.22. The highest BCUT2D eigenvalue weighted by atomic mass is 16.5. The Bertz CT molecular complexity index is 1460. The van der Waals surface area contributed by atoms with E-state index in [-0.39, 0.29) is 23.1 Å². The highest BCUT2D eigenvalue weighted by molar-refractivity contribution is 6.04. The van der Waals surface area contributed by atoms with Crippen molar-refractivity contribution in [1.82, 2.24) is 14.3 Å². The minimum absolute atomic E-state index is 0.0156. The van der Waals surface area contributed by atoms with Crippen molar-refractivity contribution >= 4 is 22.5 Å². The summed E-state index contributed by atoms with van der Waals surface area (Å²) in [6.45, 7) is 9.02. The van der Waals surface area contributed by atoms with Gasteiger partial charge in [0, 0.05) is 28.0 Å². The van der Waals surface area contributed by atoms with Gasteiger partial charge in [-0.25, -0.2) is 9.48 Å². The molecule has 0 N–H and O–H groups in total. The molecule has 0 aliphatic rings. The number of hydrogen-bond acceptors (Lipinski definition) is 5. The van der Waals surface area contributed by atoms with Crippen LogP contribution in [-0.4, -0.2) is 32.7 Å². The van der Waals surface area contributed by atoms with Gasteiger partial charge < -0.3 is 9.30 Å². The molecule has 0 spiro atoms. The number of hydrogen-bond donors (Lipinski definition) is 0. The first-order valence-corrected chi connectivity index (χ1v) is 11.2. The van der Waals surface area contributed by atoms with Gasteiger partial charge in [-0.2, -0.15) is 5.10 Å². The summed E-state index contributed by atoms with van der Waals surface area (Å²) in [5.41, 5.74) is 4.04. The average Bonchev–Trinajstić information content (AvgIpc) is 3.12. The van der Waals surface area contributed by atoms with Gasteiger partial charge in [-0.05, 0) is 58.9 Å². The van der Waals surface area contributed by atoms with E-state index in [0.29, 0.717) is 16.3 Å². The zero-order valence-electron chi connectivity index (χ0n) is 20.0. The van der Waals surface area contributed by atoms with Crippen LogP contribution in [0.2, 0.25) is 0 Å². The fraction of sp³-hybridized carbons (Fsp3) is 0.259. The van der Waals surface area contributed by atoms with Gasteiger partial charge in [0.05, 0.1) is 11.4 Å². The van der Waals surface area contributed by atoms with Crippen LogP contribution in [0.15, 0.2) is 59.4 Å². The summed E-state index contributed by atoms with van der Waals surface area (Å²) >= 11 is 0. The van der Waals surface area contributed by atoms with Crippen molar-refractivity contribution in [2.45, 2.75) is 40.7 Å². The smallest absolute Gasteiger partial charge is 0.359 e. The molecule has 0 unspecified atom stereocenters. The van der Waals surface area contributed by atoms with Gasteiger partial charge in [0.15, 0.2) is 12.3 Å². The van der Waals surface area contributed by atoms with Crippen LogP contribution in [0.4, 0.5) is 0 Å². The van der Waals surface area contributed by atoms with Gasteiger partial charge in [-0.3, -0.25) is 9.59 Å². The highest BCUT2D eigenvalue weighted by Crippen LogP contribution is 2.22. The van der Waals surface area contributed by atoms with Crippen molar-refractivity contribution in [3.63, 3.8) is 0 Å². The number of ketones is 1. The van der Waals surface area contributed by atoms with Crippen molar-refractivity contribution < 1.29 is 14.3 Å². The molecule has 4 aromatic rings. The van der Waals surface area contributed by atoms with Gasteiger partial charge >= 0.3 is 5.97 Å². The summed E-state index contributed by atoms with van der Waals surface area (Å²) in [6, 6.07) is 16.4. The average molecular weight is 458 g/mol.